The van der Waals surface area contributed by atoms with E-state index in [2.05, 4.69) is 65.9 Å². The number of carboxylic acids is 2. The molecule has 0 aliphatic carbocycles. The molecule has 0 amide bonds. The number of hydrogen-bond donors (Lipinski definition) is 6. The van der Waals surface area contributed by atoms with Gasteiger partial charge in [-0.15, -0.1) is 24.8 Å². The van der Waals surface area contributed by atoms with Gasteiger partial charge in [-0.3, -0.25) is 9.59 Å². The lowest BCUT2D eigenvalue weighted by Crippen LogP contribution is -2.14. The van der Waals surface area contributed by atoms with Crippen LogP contribution >= 0.6 is 24.8 Å². The number of nitrogens with one attached hydrogen (secondary N) is 4. The second kappa shape index (κ2) is 13.8. The Morgan fingerprint density at radius 2 is 0.909 bits per heavy atom. The lowest BCUT2D eigenvalue weighted by atomic mass is 10.0. The molecule has 236 valence electrons. The third-order valence-electron chi connectivity index (χ3n) is 8.84. The number of aromatic amines is 4. The Hall–Kier alpha value is -3.88. The van der Waals surface area contributed by atoms with Crippen molar-refractivity contribution in [3.8, 4) is 0 Å². The first-order valence-electron chi connectivity index (χ1n) is 14.7. The van der Waals surface area contributed by atoms with Gasteiger partial charge in [-0.25, -0.2) is 0 Å². The Kier molecular flexibility index (Phi) is 10.9. The van der Waals surface area contributed by atoms with Crippen molar-refractivity contribution in [1.29, 1.82) is 0 Å². The minimum atomic E-state index is -0.847. The normalized spacial score (nSPS) is 11.8. The molecule has 6 N–H and O–H groups in total. The summed E-state index contributed by atoms with van der Waals surface area (Å²) in [5, 5.41) is 22.8. The highest BCUT2D eigenvalue weighted by atomic mass is 35.5. The Bertz CT molecular complexity index is 1970. The second-order valence-corrected chi connectivity index (χ2v) is 11.3. The van der Waals surface area contributed by atoms with Crippen LogP contribution in [0.1, 0.15) is 94.0 Å². The SMILES string of the molecule is CCc1c2[nH]c(c1C)C=c1[nH]c(c(C)c1CC)=Cc1[nH]c(c(CCC(=O)O)c1C)C=c1[nH]c(c(C)c1CCC(=O)O)=C2.Cl.Cl. The molecule has 10 heteroatoms. The lowest BCUT2D eigenvalue weighted by Gasteiger charge is -2.01. The van der Waals surface area contributed by atoms with Crippen LogP contribution in [0.15, 0.2) is 0 Å². The summed E-state index contributed by atoms with van der Waals surface area (Å²) >= 11 is 0. The van der Waals surface area contributed by atoms with Crippen LogP contribution in [0.25, 0.3) is 24.3 Å². The van der Waals surface area contributed by atoms with E-state index in [1.165, 1.54) is 22.3 Å². The Morgan fingerprint density at radius 3 is 1.43 bits per heavy atom. The zero-order valence-corrected chi connectivity index (χ0v) is 27.7. The van der Waals surface area contributed by atoms with Crippen LogP contribution in [0.5, 0.6) is 0 Å². The zero-order valence-electron chi connectivity index (χ0n) is 26.1. The van der Waals surface area contributed by atoms with E-state index in [1.54, 1.807) is 0 Å². The maximum Gasteiger partial charge on any atom is 0.303 e. The molecule has 1 aliphatic rings. The number of fused-ring (bicyclic) bond motifs is 8. The summed E-state index contributed by atoms with van der Waals surface area (Å²) in [6.07, 6.45) is 11.0. The molecule has 5 rings (SSSR count). The molecular formula is C34H42Cl2N4O4. The van der Waals surface area contributed by atoms with Gasteiger partial charge in [0.25, 0.3) is 0 Å². The zero-order chi connectivity index (χ0) is 30.3. The molecule has 4 aromatic heterocycles. The van der Waals surface area contributed by atoms with E-state index >= 15 is 0 Å². The van der Waals surface area contributed by atoms with Gasteiger partial charge in [0.05, 0.1) is 0 Å². The van der Waals surface area contributed by atoms with Crippen molar-refractivity contribution in [3.63, 3.8) is 0 Å². The van der Waals surface area contributed by atoms with Crippen LogP contribution in [-0.4, -0.2) is 42.1 Å². The number of halogens is 2. The molecule has 4 aromatic rings. The number of rotatable bonds is 8. The number of H-pyrrole nitrogens is 4. The predicted molar refractivity (Wildman–Crippen MR) is 180 cm³/mol. The highest BCUT2D eigenvalue weighted by molar-refractivity contribution is 5.85. The molecule has 0 saturated heterocycles. The van der Waals surface area contributed by atoms with Crippen molar-refractivity contribution in [2.75, 3.05) is 0 Å². The van der Waals surface area contributed by atoms with Crippen molar-refractivity contribution >= 4 is 61.1 Å². The molecule has 8 nitrogen and oxygen atoms in total. The van der Waals surface area contributed by atoms with Crippen molar-refractivity contribution in [2.45, 2.75) is 80.1 Å². The molecule has 5 heterocycles. The fourth-order valence-electron chi connectivity index (χ4n) is 6.38. The fraction of sp³-hybridized carbons (Fsp3) is 0.353. The number of hydrogen-bond acceptors (Lipinski definition) is 2. The van der Waals surface area contributed by atoms with Gasteiger partial charge in [0.1, 0.15) is 0 Å². The van der Waals surface area contributed by atoms with Crippen LogP contribution < -0.4 is 21.4 Å². The minimum Gasteiger partial charge on any atom is -0.481 e. The van der Waals surface area contributed by atoms with E-state index in [1.807, 2.05) is 19.9 Å². The van der Waals surface area contributed by atoms with Gasteiger partial charge in [-0.2, -0.15) is 0 Å². The minimum absolute atomic E-state index is 0. The summed E-state index contributed by atoms with van der Waals surface area (Å²) in [5.41, 5.74) is 12.6. The van der Waals surface area contributed by atoms with Gasteiger partial charge in [0.2, 0.25) is 0 Å². The number of aromatic nitrogens is 4. The van der Waals surface area contributed by atoms with Crippen LogP contribution in [0.2, 0.25) is 0 Å². The van der Waals surface area contributed by atoms with E-state index in [-0.39, 0.29) is 37.7 Å². The van der Waals surface area contributed by atoms with Crippen molar-refractivity contribution < 1.29 is 19.8 Å². The van der Waals surface area contributed by atoms with Crippen LogP contribution in [-0.2, 0) is 35.3 Å². The van der Waals surface area contributed by atoms with Gasteiger partial charge in [-0.05, 0) is 122 Å². The average Bonchev–Trinajstić information content (AvgIpc) is 3.59. The fourth-order valence-corrected chi connectivity index (χ4v) is 6.38. The first kappa shape index (κ1) is 34.6. The van der Waals surface area contributed by atoms with Gasteiger partial charge < -0.3 is 30.1 Å². The van der Waals surface area contributed by atoms with E-state index in [4.69, 9.17) is 0 Å². The van der Waals surface area contributed by atoms with Crippen LogP contribution in [0, 0.1) is 27.7 Å². The van der Waals surface area contributed by atoms with Crippen LogP contribution in [0.4, 0.5) is 0 Å². The third kappa shape index (κ3) is 6.47. The summed E-state index contributed by atoms with van der Waals surface area (Å²) in [7, 11) is 0. The Morgan fingerprint density at radius 1 is 0.523 bits per heavy atom. The van der Waals surface area contributed by atoms with Gasteiger partial charge in [-0.1, -0.05) is 13.8 Å². The van der Waals surface area contributed by atoms with Crippen molar-refractivity contribution in [1.82, 2.24) is 19.9 Å². The average molecular weight is 642 g/mol. The maximum absolute atomic E-state index is 11.6. The van der Waals surface area contributed by atoms with E-state index in [0.29, 0.717) is 12.8 Å². The number of carboxylic acid groups (broad SMARTS) is 2. The molecule has 0 unspecified atom stereocenters. The largest absolute Gasteiger partial charge is 0.481 e. The summed E-state index contributed by atoms with van der Waals surface area (Å²) in [6, 6.07) is 0. The first-order valence-corrected chi connectivity index (χ1v) is 14.7. The molecular weight excluding hydrogens is 599 g/mol. The predicted octanol–water partition coefficient (Wildman–Crippen LogP) is 3.86. The number of carbonyl (C=O) groups is 2. The quantitative estimate of drug-likeness (QED) is 0.153. The Balaban J connectivity index is 0.00000264. The van der Waals surface area contributed by atoms with Crippen LogP contribution in [0.3, 0.4) is 0 Å². The summed E-state index contributed by atoms with van der Waals surface area (Å²) in [4.78, 5) is 37.6. The molecule has 0 atom stereocenters. The van der Waals surface area contributed by atoms with Crippen molar-refractivity contribution in [2.24, 2.45) is 0 Å². The van der Waals surface area contributed by atoms with Crippen molar-refractivity contribution in [3.05, 3.63) is 88.7 Å². The number of aliphatic carboxylic acids is 2. The molecule has 0 fully saturated rings. The van der Waals surface area contributed by atoms with Gasteiger partial charge in [0.15, 0.2) is 0 Å². The maximum atomic E-state index is 11.6. The highest BCUT2D eigenvalue weighted by Gasteiger charge is 2.17. The molecule has 44 heavy (non-hydrogen) atoms. The topological polar surface area (TPSA) is 138 Å². The standard InChI is InChI=1S/C34H40N4O4.2ClH/c1-7-21-17(3)25-13-26-19(5)23(9-11-33(39)40)31(37-26)16-32-24(10-12-34(41)42)20(6)28(38-32)15-30-22(8-2)18(4)27(36-30)14-29(21)35-25;;/h13-16,35-38H,7-12H2,1-6H3,(H,39,40)(H,41,42);2*1H. The molecule has 0 aromatic carbocycles. The molecule has 0 saturated carbocycles. The second-order valence-electron chi connectivity index (χ2n) is 11.3. The van der Waals surface area contributed by atoms with E-state index in [0.717, 1.165) is 79.3 Å². The monoisotopic (exact) mass is 640 g/mol. The summed E-state index contributed by atoms with van der Waals surface area (Å²) < 4.78 is 0. The molecule has 0 spiro atoms. The highest BCUT2D eigenvalue weighted by Crippen LogP contribution is 2.23. The molecule has 0 radical (unpaired) electrons. The first-order chi connectivity index (χ1) is 20.0. The van der Waals surface area contributed by atoms with E-state index in [9.17, 15) is 19.8 Å². The molecule has 1 aliphatic heterocycles. The van der Waals surface area contributed by atoms with Gasteiger partial charge in [0, 0.05) is 57.0 Å². The van der Waals surface area contributed by atoms with Gasteiger partial charge >= 0.3 is 11.9 Å². The summed E-state index contributed by atoms with van der Waals surface area (Å²) in [6.45, 7) is 12.7. The lowest BCUT2D eigenvalue weighted by molar-refractivity contribution is -0.138. The Labute approximate surface area is 268 Å². The van der Waals surface area contributed by atoms with E-state index < -0.39 is 11.9 Å². The molecule has 8 bridgehead atoms. The third-order valence-corrected chi connectivity index (χ3v) is 8.84. The summed E-state index contributed by atoms with van der Waals surface area (Å²) in [5.74, 6) is -1.69. The smallest absolute Gasteiger partial charge is 0.303 e.